The van der Waals surface area contributed by atoms with Crippen molar-refractivity contribution in [2.45, 2.75) is 32.3 Å². The van der Waals surface area contributed by atoms with Gasteiger partial charge in [0, 0.05) is 35.1 Å². The number of carbonyl (C=O) groups excluding carboxylic acids is 2. The van der Waals surface area contributed by atoms with Crippen molar-refractivity contribution in [2.24, 2.45) is 0 Å². The third-order valence-corrected chi connectivity index (χ3v) is 5.40. The van der Waals surface area contributed by atoms with Gasteiger partial charge in [-0.1, -0.05) is 30.7 Å². The Morgan fingerprint density at radius 1 is 1.29 bits per heavy atom. The molecule has 2 N–H and O–H groups in total. The summed E-state index contributed by atoms with van der Waals surface area (Å²) in [7, 11) is 0. The second-order valence-corrected chi connectivity index (χ2v) is 7.42. The van der Waals surface area contributed by atoms with Crippen LogP contribution in [0, 0.1) is 0 Å². The lowest BCUT2D eigenvalue weighted by atomic mass is 9.95. The molecular formula is C22H21ClN2O3. The smallest absolute Gasteiger partial charge is 0.339 e. The van der Waals surface area contributed by atoms with Gasteiger partial charge in [-0.3, -0.25) is 4.79 Å². The zero-order valence-corrected chi connectivity index (χ0v) is 16.3. The monoisotopic (exact) mass is 396 g/mol. The van der Waals surface area contributed by atoms with Crippen molar-refractivity contribution in [3.05, 3.63) is 69.9 Å². The fourth-order valence-corrected chi connectivity index (χ4v) is 3.78. The number of rotatable bonds is 5. The van der Waals surface area contributed by atoms with Gasteiger partial charge in [0.2, 0.25) is 0 Å². The standard InChI is InChI=1S/C22H21ClN2O3/c1-2-13-3-5-17-15(9-13)10-20(28-22(17)27)21(26)24-8-7-14-12-25-19-6-4-16(23)11-18(14)19/h3-6,9,11-12,20,25H,2,7-8,10H2,1H3,(H,24,26). The second-order valence-electron chi connectivity index (χ2n) is 6.99. The molecule has 1 aliphatic rings. The number of aromatic amines is 1. The number of nitrogens with one attached hydrogen (secondary N) is 2. The number of hydrogen-bond donors (Lipinski definition) is 2. The van der Waals surface area contributed by atoms with Gasteiger partial charge in [0.1, 0.15) is 0 Å². The first-order chi connectivity index (χ1) is 13.5. The van der Waals surface area contributed by atoms with Crippen LogP contribution in [0.2, 0.25) is 5.02 Å². The van der Waals surface area contributed by atoms with E-state index in [0.29, 0.717) is 30.0 Å². The normalized spacial score (nSPS) is 15.9. The Balaban J connectivity index is 1.40. The molecule has 0 radical (unpaired) electrons. The third-order valence-electron chi connectivity index (χ3n) is 5.17. The van der Waals surface area contributed by atoms with Crippen molar-refractivity contribution in [1.29, 1.82) is 0 Å². The average Bonchev–Trinajstić information content (AvgIpc) is 3.09. The van der Waals surface area contributed by atoms with Crippen LogP contribution in [0.4, 0.5) is 0 Å². The number of aryl methyl sites for hydroxylation is 1. The van der Waals surface area contributed by atoms with Crippen molar-refractivity contribution in [3.8, 4) is 0 Å². The van der Waals surface area contributed by atoms with Gasteiger partial charge >= 0.3 is 5.97 Å². The lowest BCUT2D eigenvalue weighted by molar-refractivity contribution is -0.130. The lowest BCUT2D eigenvalue weighted by Gasteiger charge is -2.24. The number of hydrogen-bond acceptors (Lipinski definition) is 3. The molecule has 1 aromatic heterocycles. The average molecular weight is 397 g/mol. The van der Waals surface area contributed by atoms with Crippen LogP contribution in [0.5, 0.6) is 0 Å². The van der Waals surface area contributed by atoms with Gasteiger partial charge in [0.05, 0.1) is 5.56 Å². The van der Waals surface area contributed by atoms with Crippen LogP contribution in [0.25, 0.3) is 10.9 Å². The van der Waals surface area contributed by atoms with Gasteiger partial charge in [0.15, 0.2) is 6.10 Å². The zero-order chi connectivity index (χ0) is 19.7. The SMILES string of the molecule is CCc1ccc2c(c1)CC(C(=O)NCCc1c[nH]c3ccc(Cl)cc13)OC2=O. The summed E-state index contributed by atoms with van der Waals surface area (Å²) in [6, 6.07) is 11.4. The van der Waals surface area contributed by atoms with Crippen LogP contribution in [0.1, 0.15) is 34.0 Å². The number of halogens is 1. The van der Waals surface area contributed by atoms with E-state index < -0.39 is 12.1 Å². The number of aromatic nitrogens is 1. The van der Waals surface area contributed by atoms with Gasteiger partial charge in [-0.15, -0.1) is 0 Å². The first-order valence-electron chi connectivity index (χ1n) is 9.41. The molecule has 0 bridgehead atoms. The Morgan fingerprint density at radius 3 is 2.96 bits per heavy atom. The fraction of sp³-hybridized carbons (Fsp3) is 0.273. The highest BCUT2D eigenvalue weighted by atomic mass is 35.5. The van der Waals surface area contributed by atoms with Gasteiger partial charge in [-0.05, 0) is 53.8 Å². The largest absolute Gasteiger partial charge is 0.448 e. The summed E-state index contributed by atoms with van der Waals surface area (Å²) in [6.45, 7) is 2.51. The number of amides is 1. The maximum atomic E-state index is 12.5. The number of ether oxygens (including phenoxy) is 1. The highest BCUT2D eigenvalue weighted by Crippen LogP contribution is 2.24. The van der Waals surface area contributed by atoms with Crippen molar-refractivity contribution in [2.75, 3.05) is 6.54 Å². The van der Waals surface area contributed by atoms with Crippen LogP contribution in [-0.4, -0.2) is 29.5 Å². The Bertz CT molecular complexity index is 1060. The number of esters is 1. The number of H-pyrrole nitrogens is 1. The Kier molecular flexibility index (Phi) is 5.09. The van der Waals surface area contributed by atoms with Gasteiger partial charge in [0.25, 0.3) is 5.91 Å². The van der Waals surface area contributed by atoms with Crippen LogP contribution in [0.15, 0.2) is 42.6 Å². The van der Waals surface area contributed by atoms with E-state index in [0.717, 1.165) is 34.0 Å². The van der Waals surface area contributed by atoms with Crippen molar-refractivity contribution < 1.29 is 14.3 Å². The summed E-state index contributed by atoms with van der Waals surface area (Å²) in [5, 5.41) is 4.61. The summed E-state index contributed by atoms with van der Waals surface area (Å²) >= 11 is 6.08. The second kappa shape index (κ2) is 7.68. The molecule has 2 heterocycles. The molecular weight excluding hydrogens is 376 g/mol. The maximum absolute atomic E-state index is 12.5. The van der Waals surface area contributed by atoms with Gasteiger partial charge in [-0.25, -0.2) is 4.79 Å². The molecule has 144 valence electrons. The summed E-state index contributed by atoms with van der Waals surface area (Å²) in [5.74, 6) is -0.700. The minimum atomic E-state index is -0.787. The molecule has 0 saturated carbocycles. The number of carbonyl (C=O) groups is 2. The Hall–Kier alpha value is -2.79. The van der Waals surface area contributed by atoms with Crippen LogP contribution < -0.4 is 5.32 Å². The van der Waals surface area contributed by atoms with Crippen LogP contribution in [0.3, 0.4) is 0 Å². The quantitative estimate of drug-likeness (QED) is 0.644. The summed E-state index contributed by atoms with van der Waals surface area (Å²) in [4.78, 5) is 28.0. The first kappa shape index (κ1) is 18.6. The minimum Gasteiger partial charge on any atom is -0.448 e. The molecule has 3 aromatic rings. The van der Waals surface area contributed by atoms with E-state index in [-0.39, 0.29) is 5.91 Å². The van der Waals surface area contributed by atoms with E-state index in [4.69, 9.17) is 16.3 Å². The highest BCUT2D eigenvalue weighted by molar-refractivity contribution is 6.31. The first-order valence-corrected chi connectivity index (χ1v) is 9.79. The van der Waals surface area contributed by atoms with E-state index >= 15 is 0 Å². The van der Waals surface area contributed by atoms with Crippen LogP contribution in [-0.2, 0) is 28.8 Å². The van der Waals surface area contributed by atoms with Gasteiger partial charge in [-0.2, -0.15) is 0 Å². The number of fused-ring (bicyclic) bond motifs is 2. The minimum absolute atomic E-state index is 0.265. The predicted octanol–water partition coefficient (Wildman–Crippen LogP) is 3.82. The molecule has 1 unspecified atom stereocenters. The molecule has 0 fully saturated rings. The van der Waals surface area contributed by atoms with Crippen LogP contribution >= 0.6 is 11.6 Å². The molecule has 6 heteroatoms. The lowest BCUT2D eigenvalue weighted by Crippen LogP contribution is -2.42. The van der Waals surface area contributed by atoms with Crippen molar-refractivity contribution in [1.82, 2.24) is 10.3 Å². The molecule has 5 nitrogen and oxygen atoms in total. The third kappa shape index (κ3) is 3.62. The van der Waals surface area contributed by atoms with E-state index in [9.17, 15) is 9.59 Å². The Morgan fingerprint density at radius 2 is 2.14 bits per heavy atom. The maximum Gasteiger partial charge on any atom is 0.339 e. The molecule has 0 saturated heterocycles. The molecule has 1 atom stereocenters. The summed E-state index contributed by atoms with van der Waals surface area (Å²) in [6.07, 6.45) is 3.08. The molecule has 2 aromatic carbocycles. The Labute approximate surface area is 168 Å². The summed E-state index contributed by atoms with van der Waals surface area (Å²) in [5.41, 5.74) is 4.66. The number of benzene rings is 2. The number of cyclic esters (lactones) is 1. The van der Waals surface area contributed by atoms with E-state index in [1.807, 2.05) is 36.5 Å². The van der Waals surface area contributed by atoms with Gasteiger partial charge < -0.3 is 15.0 Å². The molecule has 0 spiro atoms. The topological polar surface area (TPSA) is 71.2 Å². The molecule has 28 heavy (non-hydrogen) atoms. The zero-order valence-electron chi connectivity index (χ0n) is 15.5. The molecule has 4 rings (SSSR count). The molecule has 1 amide bonds. The highest BCUT2D eigenvalue weighted by Gasteiger charge is 2.31. The summed E-state index contributed by atoms with van der Waals surface area (Å²) < 4.78 is 5.35. The van der Waals surface area contributed by atoms with E-state index in [1.165, 1.54) is 0 Å². The molecule has 0 aliphatic carbocycles. The fourth-order valence-electron chi connectivity index (χ4n) is 3.61. The van der Waals surface area contributed by atoms with Crippen molar-refractivity contribution >= 4 is 34.4 Å². The van der Waals surface area contributed by atoms with Crippen molar-refractivity contribution in [3.63, 3.8) is 0 Å². The molecule has 1 aliphatic heterocycles. The predicted molar refractivity (Wildman–Crippen MR) is 109 cm³/mol. The van der Waals surface area contributed by atoms with E-state index in [1.54, 1.807) is 6.07 Å². The van der Waals surface area contributed by atoms with E-state index in [2.05, 4.69) is 17.2 Å².